The van der Waals surface area contributed by atoms with Gasteiger partial charge >= 0.3 is 5.97 Å². The van der Waals surface area contributed by atoms with E-state index < -0.39 is 21.2 Å². The van der Waals surface area contributed by atoms with Gasteiger partial charge in [-0.25, -0.2) is 8.42 Å². The number of sulfone groups is 1. The molecule has 5 nitrogen and oxygen atoms in total. The van der Waals surface area contributed by atoms with Crippen LogP contribution in [-0.4, -0.2) is 56.0 Å². The summed E-state index contributed by atoms with van der Waals surface area (Å²) < 4.78 is 21.9. The predicted molar refractivity (Wildman–Crippen MR) is 65.7 cm³/mol. The van der Waals surface area contributed by atoms with Crippen LogP contribution in [0, 0.1) is 5.41 Å². The largest absolute Gasteiger partial charge is 0.481 e. The Morgan fingerprint density at radius 1 is 1.35 bits per heavy atom. The maximum atomic E-state index is 11.0. The molecule has 6 heteroatoms. The van der Waals surface area contributed by atoms with Gasteiger partial charge in [-0.15, -0.1) is 0 Å². The summed E-state index contributed by atoms with van der Waals surface area (Å²) in [5.74, 6) is -0.520. The van der Waals surface area contributed by atoms with Crippen LogP contribution in [0.1, 0.15) is 26.2 Å². The molecule has 0 aliphatic carbocycles. The summed E-state index contributed by atoms with van der Waals surface area (Å²) in [4.78, 5) is 13.2. The van der Waals surface area contributed by atoms with Crippen molar-refractivity contribution in [2.75, 3.05) is 31.6 Å². The second-order valence-corrected chi connectivity index (χ2v) is 7.45. The fourth-order valence-corrected chi connectivity index (χ4v) is 2.69. The van der Waals surface area contributed by atoms with E-state index in [0.717, 1.165) is 19.6 Å². The van der Waals surface area contributed by atoms with E-state index >= 15 is 0 Å². The molecule has 0 unspecified atom stereocenters. The Morgan fingerprint density at radius 2 is 1.88 bits per heavy atom. The molecule has 100 valence electrons. The summed E-state index contributed by atoms with van der Waals surface area (Å²) in [6.45, 7) is 4.01. The molecule has 1 aliphatic rings. The maximum absolute atomic E-state index is 11.0. The van der Waals surface area contributed by atoms with Crippen LogP contribution in [0.4, 0.5) is 0 Å². The van der Waals surface area contributed by atoms with Crippen molar-refractivity contribution in [1.82, 2.24) is 4.90 Å². The van der Waals surface area contributed by atoms with Crippen molar-refractivity contribution in [3.63, 3.8) is 0 Å². The summed E-state index contributed by atoms with van der Waals surface area (Å²) in [7, 11) is -2.88. The molecule has 0 atom stereocenters. The molecule has 1 fully saturated rings. The molecule has 0 aromatic carbocycles. The smallest absolute Gasteiger partial charge is 0.309 e. The van der Waals surface area contributed by atoms with Crippen molar-refractivity contribution in [1.29, 1.82) is 0 Å². The molecule has 1 aliphatic heterocycles. The van der Waals surface area contributed by atoms with Gasteiger partial charge in [0.2, 0.25) is 0 Å². The molecule has 0 saturated carbocycles. The average Bonchev–Trinajstić information content (AvgIpc) is 2.19. The van der Waals surface area contributed by atoms with Crippen LogP contribution >= 0.6 is 0 Å². The Kier molecular flexibility index (Phi) is 4.55. The highest BCUT2D eigenvalue weighted by Gasteiger charge is 2.36. The number of carbonyl (C=O) groups is 1. The van der Waals surface area contributed by atoms with Gasteiger partial charge in [-0.1, -0.05) is 0 Å². The van der Waals surface area contributed by atoms with Gasteiger partial charge in [0.1, 0.15) is 9.84 Å². The highest BCUT2D eigenvalue weighted by molar-refractivity contribution is 7.90. The lowest BCUT2D eigenvalue weighted by atomic mass is 9.80. The molecule has 0 bridgehead atoms. The molecule has 0 radical (unpaired) electrons. The van der Waals surface area contributed by atoms with Gasteiger partial charge in [-0.2, -0.15) is 0 Å². The number of carboxylic acid groups (broad SMARTS) is 1. The van der Waals surface area contributed by atoms with Crippen LogP contribution in [0.2, 0.25) is 0 Å². The van der Waals surface area contributed by atoms with Gasteiger partial charge in [0.15, 0.2) is 0 Å². The Labute approximate surface area is 103 Å². The van der Waals surface area contributed by atoms with Crippen LogP contribution < -0.4 is 0 Å². The van der Waals surface area contributed by atoms with E-state index in [1.807, 2.05) is 0 Å². The first-order chi connectivity index (χ1) is 7.73. The Hall–Kier alpha value is -0.620. The lowest BCUT2D eigenvalue weighted by Gasteiger charge is -2.36. The second kappa shape index (κ2) is 5.35. The minimum Gasteiger partial charge on any atom is -0.481 e. The first kappa shape index (κ1) is 14.4. The van der Waals surface area contributed by atoms with E-state index in [0.29, 0.717) is 19.3 Å². The van der Waals surface area contributed by atoms with Gasteiger partial charge in [-0.3, -0.25) is 4.79 Å². The lowest BCUT2D eigenvalue weighted by Crippen LogP contribution is -2.43. The molecular formula is C11H21NO4S. The van der Waals surface area contributed by atoms with Crippen LogP contribution in [0.5, 0.6) is 0 Å². The molecule has 1 N–H and O–H groups in total. The number of aliphatic carboxylic acids is 1. The Morgan fingerprint density at radius 3 is 2.29 bits per heavy atom. The van der Waals surface area contributed by atoms with E-state index in [1.165, 1.54) is 6.26 Å². The third-order valence-corrected chi connectivity index (χ3v) is 4.50. The summed E-state index contributed by atoms with van der Waals surface area (Å²) in [6, 6.07) is 0. The van der Waals surface area contributed by atoms with Gasteiger partial charge in [0, 0.05) is 6.26 Å². The number of nitrogens with zero attached hydrogens (tertiary/aromatic N) is 1. The van der Waals surface area contributed by atoms with Crippen molar-refractivity contribution in [2.45, 2.75) is 26.2 Å². The van der Waals surface area contributed by atoms with Gasteiger partial charge in [0.25, 0.3) is 0 Å². The topological polar surface area (TPSA) is 74.7 Å². The fraction of sp³-hybridized carbons (Fsp3) is 0.909. The number of rotatable bonds is 5. The van der Waals surface area contributed by atoms with Crippen molar-refractivity contribution < 1.29 is 18.3 Å². The zero-order valence-electron chi connectivity index (χ0n) is 10.5. The number of hydrogen-bond donors (Lipinski definition) is 1. The fourth-order valence-electron chi connectivity index (χ4n) is 2.03. The van der Waals surface area contributed by atoms with Gasteiger partial charge < -0.3 is 10.0 Å². The van der Waals surface area contributed by atoms with E-state index in [2.05, 4.69) is 4.90 Å². The van der Waals surface area contributed by atoms with E-state index in [9.17, 15) is 13.2 Å². The predicted octanol–water partition coefficient (Wildman–Crippen LogP) is 0.608. The minimum atomic E-state index is -2.88. The molecule has 0 aromatic rings. The molecule has 0 aromatic heterocycles. The zero-order chi connectivity index (χ0) is 13.1. The molecule has 1 saturated heterocycles. The normalized spacial score (nSPS) is 21.3. The van der Waals surface area contributed by atoms with Gasteiger partial charge in [0.05, 0.1) is 11.2 Å². The minimum absolute atomic E-state index is 0.208. The number of hydrogen-bond acceptors (Lipinski definition) is 4. The summed E-state index contributed by atoms with van der Waals surface area (Å²) in [5.41, 5.74) is -0.604. The monoisotopic (exact) mass is 263 g/mol. The average molecular weight is 263 g/mol. The quantitative estimate of drug-likeness (QED) is 0.786. The van der Waals surface area contributed by atoms with Crippen LogP contribution in [0.15, 0.2) is 0 Å². The van der Waals surface area contributed by atoms with Crippen LogP contribution in [0.25, 0.3) is 0 Å². The van der Waals surface area contributed by atoms with Crippen LogP contribution in [0.3, 0.4) is 0 Å². The van der Waals surface area contributed by atoms with Crippen molar-refractivity contribution in [2.24, 2.45) is 5.41 Å². The third kappa shape index (κ3) is 4.63. The SMILES string of the molecule is CC1(C(=O)O)CCN(CCCS(C)(=O)=O)CC1. The molecule has 0 spiro atoms. The summed E-state index contributed by atoms with van der Waals surface area (Å²) in [5, 5.41) is 9.07. The Balaban J connectivity index is 2.31. The highest BCUT2D eigenvalue weighted by atomic mass is 32.2. The lowest BCUT2D eigenvalue weighted by molar-refractivity contribution is -0.150. The van der Waals surface area contributed by atoms with E-state index in [4.69, 9.17) is 5.11 Å². The highest BCUT2D eigenvalue weighted by Crippen LogP contribution is 2.30. The van der Waals surface area contributed by atoms with Gasteiger partial charge in [-0.05, 0) is 45.8 Å². The van der Waals surface area contributed by atoms with Crippen molar-refractivity contribution in [3.8, 4) is 0 Å². The molecular weight excluding hydrogens is 242 g/mol. The summed E-state index contributed by atoms with van der Waals surface area (Å²) >= 11 is 0. The standard InChI is InChI=1S/C11H21NO4S/c1-11(10(13)14)4-7-12(8-5-11)6-3-9-17(2,15)16/h3-9H2,1-2H3,(H,13,14). The first-order valence-electron chi connectivity index (χ1n) is 5.86. The molecule has 0 amide bonds. The van der Waals surface area contributed by atoms with E-state index in [1.54, 1.807) is 6.92 Å². The third-order valence-electron chi connectivity index (χ3n) is 3.47. The van der Waals surface area contributed by atoms with Crippen molar-refractivity contribution in [3.05, 3.63) is 0 Å². The maximum Gasteiger partial charge on any atom is 0.309 e. The van der Waals surface area contributed by atoms with Crippen LogP contribution in [-0.2, 0) is 14.6 Å². The number of carboxylic acids is 1. The van der Waals surface area contributed by atoms with Crippen molar-refractivity contribution >= 4 is 15.8 Å². The molecule has 17 heavy (non-hydrogen) atoms. The number of piperidine rings is 1. The first-order valence-corrected chi connectivity index (χ1v) is 7.92. The molecule has 1 rings (SSSR count). The zero-order valence-corrected chi connectivity index (χ0v) is 11.3. The van der Waals surface area contributed by atoms with E-state index in [-0.39, 0.29) is 5.75 Å². The second-order valence-electron chi connectivity index (χ2n) is 5.19. The Bertz CT molecular complexity index is 369. The number of likely N-dealkylation sites (tertiary alicyclic amines) is 1. The summed E-state index contributed by atoms with van der Waals surface area (Å²) in [6.07, 6.45) is 3.15. The molecule has 1 heterocycles.